The van der Waals surface area contributed by atoms with Gasteiger partial charge in [-0.05, 0) is 42.3 Å². The number of carbonyl (C=O) groups excluding carboxylic acids is 1. The van der Waals surface area contributed by atoms with Gasteiger partial charge in [-0.15, -0.1) is 0 Å². The summed E-state index contributed by atoms with van der Waals surface area (Å²) in [5, 5.41) is 10.6. The Morgan fingerprint density at radius 3 is 2.26 bits per heavy atom. The number of ketones is 1. The Bertz CT molecular complexity index is 1210. The number of hydrogen-bond acceptors (Lipinski definition) is 4. The first kappa shape index (κ1) is 16.7. The van der Waals surface area contributed by atoms with Crippen molar-refractivity contribution in [3.63, 3.8) is 0 Å². The Kier molecular flexibility index (Phi) is 4.05. The molecular formula is C22H16N2O3. The van der Waals surface area contributed by atoms with Crippen LogP contribution in [0.1, 0.15) is 17.3 Å². The number of nitrogens with zero attached hydrogens (tertiary/aromatic N) is 2. The second-order valence-electron chi connectivity index (χ2n) is 6.23. The summed E-state index contributed by atoms with van der Waals surface area (Å²) in [5.74, 6) is -0.766. The third-order valence-corrected chi connectivity index (χ3v) is 4.43. The van der Waals surface area contributed by atoms with Crippen LogP contribution in [-0.4, -0.2) is 20.4 Å². The molecule has 0 radical (unpaired) electrons. The van der Waals surface area contributed by atoms with Gasteiger partial charge in [0.05, 0.1) is 11.7 Å². The average Bonchev–Trinajstić information content (AvgIpc) is 3.28. The first-order valence-corrected chi connectivity index (χ1v) is 8.46. The molecule has 0 bridgehead atoms. The molecule has 0 saturated carbocycles. The molecule has 2 aromatic heterocycles. The monoisotopic (exact) mass is 356 g/mol. The fraction of sp³-hybridized carbons (Fsp3) is 0.0455. The smallest absolute Gasteiger partial charge is 0.270 e. The number of Topliss-reactive ketones (excluding diaryl/α,β-unsaturated/α-hetero) is 1. The lowest BCUT2D eigenvalue weighted by molar-refractivity contribution is 0.101. The largest absolute Gasteiger partial charge is 0.506 e. The summed E-state index contributed by atoms with van der Waals surface area (Å²) in [6.45, 7) is 1.26. The molecule has 0 spiro atoms. The van der Waals surface area contributed by atoms with Crippen LogP contribution in [0.3, 0.4) is 0 Å². The van der Waals surface area contributed by atoms with Gasteiger partial charge in [-0.2, -0.15) is 0 Å². The van der Waals surface area contributed by atoms with E-state index in [4.69, 9.17) is 0 Å². The third-order valence-electron chi connectivity index (χ3n) is 4.43. The summed E-state index contributed by atoms with van der Waals surface area (Å²) in [6.07, 6.45) is 3.00. The van der Waals surface area contributed by atoms with Crippen molar-refractivity contribution in [2.45, 2.75) is 6.92 Å². The van der Waals surface area contributed by atoms with E-state index in [0.29, 0.717) is 16.6 Å². The average molecular weight is 356 g/mol. The van der Waals surface area contributed by atoms with Crippen molar-refractivity contribution in [3.8, 4) is 22.6 Å². The number of carbonyl (C=O) groups is 1. The second-order valence-corrected chi connectivity index (χ2v) is 6.23. The number of aromatic hydroxyl groups is 1. The van der Waals surface area contributed by atoms with E-state index in [2.05, 4.69) is 29.2 Å². The molecule has 2 aliphatic rings. The highest BCUT2D eigenvalue weighted by molar-refractivity contribution is 6.02. The highest BCUT2D eigenvalue weighted by Gasteiger charge is 2.20. The van der Waals surface area contributed by atoms with Gasteiger partial charge in [0.1, 0.15) is 11.3 Å². The number of aromatic nitrogens is 2. The van der Waals surface area contributed by atoms with Crippen LogP contribution in [0, 0.1) is 0 Å². The van der Waals surface area contributed by atoms with Crippen LogP contribution in [0.5, 0.6) is 5.75 Å². The van der Waals surface area contributed by atoms with Gasteiger partial charge in [-0.1, -0.05) is 36.4 Å². The van der Waals surface area contributed by atoms with Crippen LogP contribution in [0.4, 0.5) is 0 Å². The second kappa shape index (κ2) is 6.53. The van der Waals surface area contributed by atoms with Crippen LogP contribution in [0.15, 0.2) is 77.9 Å². The minimum Gasteiger partial charge on any atom is -0.506 e. The molecule has 5 nitrogen and oxygen atoms in total. The maximum atomic E-state index is 12.6. The van der Waals surface area contributed by atoms with Gasteiger partial charge >= 0.3 is 0 Å². The van der Waals surface area contributed by atoms with E-state index in [0.717, 1.165) is 0 Å². The van der Waals surface area contributed by atoms with E-state index < -0.39 is 11.3 Å². The van der Waals surface area contributed by atoms with E-state index in [1.807, 2.05) is 6.07 Å². The molecular weight excluding hydrogens is 340 g/mol. The lowest BCUT2D eigenvalue weighted by Crippen LogP contribution is -2.25. The maximum absolute atomic E-state index is 12.6. The van der Waals surface area contributed by atoms with E-state index in [-0.39, 0.29) is 11.3 Å². The molecule has 0 aliphatic heterocycles. The molecule has 132 valence electrons. The Morgan fingerprint density at radius 1 is 1.00 bits per heavy atom. The van der Waals surface area contributed by atoms with Crippen LogP contribution in [0.2, 0.25) is 0 Å². The maximum Gasteiger partial charge on any atom is 0.270 e. The van der Waals surface area contributed by atoms with Gasteiger partial charge in [-0.25, -0.2) is 0 Å². The molecule has 5 heteroatoms. The summed E-state index contributed by atoms with van der Waals surface area (Å²) in [4.78, 5) is 28.3. The molecule has 27 heavy (non-hydrogen) atoms. The highest BCUT2D eigenvalue weighted by atomic mass is 16.3. The number of para-hydroxylation sites is 1. The van der Waals surface area contributed by atoms with Gasteiger partial charge in [0.25, 0.3) is 5.56 Å². The third kappa shape index (κ3) is 3.00. The van der Waals surface area contributed by atoms with Crippen molar-refractivity contribution in [1.82, 2.24) is 9.55 Å². The first-order valence-electron chi connectivity index (χ1n) is 8.46. The molecule has 0 unspecified atom stereocenters. The number of fused-ring (bicyclic) bond motifs is 2. The fourth-order valence-electron chi connectivity index (χ4n) is 3.05. The zero-order valence-electron chi connectivity index (χ0n) is 14.6. The summed E-state index contributed by atoms with van der Waals surface area (Å²) in [7, 11) is 0. The van der Waals surface area contributed by atoms with E-state index in [1.165, 1.54) is 35.0 Å². The lowest BCUT2D eigenvalue weighted by Gasteiger charge is -2.13. The van der Waals surface area contributed by atoms with Gasteiger partial charge in [0.2, 0.25) is 0 Å². The molecule has 5 rings (SSSR count). The van der Waals surface area contributed by atoms with Crippen LogP contribution < -0.4 is 5.56 Å². The molecule has 3 aromatic rings. The molecule has 2 aliphatic carbocycles. The van der Waals surface area contributed by atoms with Crippen molar-refractivity contribution in [1.29, 1.82) is 0 Å². The molecule has 0 atom stereocenters. The molecule has 0 fully saturated rings. The normalized spacial score (nSPS) is 10.9. The van der Waals surface area contributed by atoms with E-state index in [1.54, 1.807) is 30.3 Å². The Balaban J connectivity index is 0.000000250. The Hall–Kier alpha value is -3.73. The van der Waals surface area contributed by atoms with Gasteiger partial charge in [0, 0.05) is 17.3 Å². The summed E-state index contributed by atoms with van der Waals surface area (Å²) in [5.41, 5.74) is 3.16. The van der Waals surface area contributed by atoms with Crippen molar-refractivity contribution < 1.29 is 9.90 Å². The molecule has 0 amide bonds. The predicted octanol–water partition coefficient (Wildman–Crippen LogP) is 3.96. The van der Waals surface area contributed by atoms with Crippen molar-refractivity contribution >= 4 is 16.7 Å². The molecule has 2 heterocycles. The number of pyridine rings is 2. The van der Waals surface area contributed by atoms with Gasteiger partial charge in [0.15, 0.2) is 5.78 Å². The minimum absolute atomic E-state index is 0.211. The van der Waals surface area contributed by atoms with Gasteiger partial charge < -0.3 is 5.11 Å². The zero-order chi connectivity index (χ0) is 19.0. The zero-order valence-corrected chi connectivity index (χ0v) is 14.6. The number of hydrogen-bond donors (Lipinski definition) is 1. The van der Waals surface area contributed by atoms with Crippen molar-refractivity contribution in [2.75, 3.05) is 0 Å². The van der Waals surface area contributed by atoms with Crippen LogP contribution in [0.25, 0.3) is 27.7 Å². The van der Waals surface area contributed by atoms with E-state index in [9.17, 15) is 14.7 Å². The topological polar surface area (TPSA) is 72.2 Å². The first-order chi connectivity index (χ1) is 13.1. The Labute approximate surface area is 155 Å². The molecule has 0 saturated heterocycles. The van der Waals surface area contributed by atoms with Crippen LogP contribution >= 0.6 is 0 Å². The van der Waals surface area contributed by atoms with Crippen molar-refractivity contribution in [3.05, 3.63) is 89.0 Å². The standard InChI is InChI=1S/C16H12N2O3.C6H4/c1-10(19)14-15(20)12-7-8-17-9-13(12)18(16(14)21)11-5-3-2-4-6-11;1-2-5-4-6(5)3-1/h2-9,20H,1H3;1-4H. The van der Waals surface area contributed by atoms with Gasteiger partial charge in [-0.3, -0.25) is 19.1 Å². The fourth-order valence-corrected chi connectivity index (χ4v) is 3.05. The molecule has 1 N–H and O–H groups in total. The van der Waals surface area contributed by atoms with Crippen LogP contribution in [-0.2, 0) is 0 Å². The van der Waals surface area contributed by atoms with E-state index >= 15 is 0 Å². The summed E-state index contributed by atoms with van der Waals surface area (Å²) in [6, 6.07) is 19.0. The van der Waals surface area contributed by atoms with Crippen molar-refractivity contribution in [2.24, 2.45) is 0 Å². The quantitative estimate of drug-likeness (QED) is 0.486. The summed E-state index contributed by atoms with van der Waals surface area (Å²) < 4.78 is 1.39. The highest BCUT2D eigenvalue weighted by Crippen LogP contribution is 2.32. The number of benzene rings is 2. The number of rotatable bonds is 2. The molecule has 1 aromatic carbocycles. The SMILES string of the molecule is CC(=O)c1c(O)c2ccncc2n(-c2ccccc2)c1=O.c1cc2cc-2c1. The summed E-state index contributed by atoms with van der Waals surface area (Å²) >= 11 is 0. The predicted molar refractivity (Wildman–Crippen MR) is 104 cm³/mol. The minimum atomic E-state index is -0.549. The Morgan fingerprint density at radius 2 is 1.70 bits per heavy atom. The lowest BCUT2D eigenvalue weighted by atomic mass is 10.1.